The number of hydrogen-bond acceptors (Lipinski definition) is 7. The van der Waals surface area contributed by atoms with Crippen molar-refractivity contribution in [3.8, 4) is 11.3 Å². The fraction of sp³-hybridized carbons (Fsp3) is 0.520. The van der Waals surface area contributed by atoms with E-state index < -0.39 is 17.8 Å². The van der Waals surface area contributed by atoms with Gasteiger partial charge < -0.3 is 25.4 Å². The molecule has 36 heavy (non-hydrogen) atoms. The van der Waals surface area contributed by atoms with Crippen LogP contribution in [0.2, 0.25) is 0 Å². The molecule has 2 aliphatic rings. The highest BCUT2D eigenvalue weighted by atomic mass is 16.6. The van der Waals surface area contributed by atoms with Crippen LogP contribution in [0.1, 0.15) is 45.2 Å². The van der Waals surface area contributed by atoms with Crippen LogP contribution in [0, 0.1) is 0 Å². The summed E-state index contributed by atoms with van der Waals surface area (Å²) in [5.41, 5.74) is 4.50. The van der Waals surface area contributed by atoms with Crippen LogP contribution in [-0.2, 0) is 27.1 Å². The molecule has 1 atom stereocenters. The van der Waals surface area contributed by atoms with Gasteiger partial charge in [0.1, 0.15) is 11.7 Å². The number of rotatable bonds is 7. The van der Waals surface area contributed by atoms with Gasteiger partial charge in [0.25, 0.3) is 0 Å². The summed E-state index contributed by atoms with van der Waals surface area (Å²) in [5.74, 6) is 0.620. The van der Waals surface area contributed by atoms with Crippen molar-refractivity contribution in [3.63, 3.8) is 0 Å². The molecule has 0 spiro atoms. The van der Waals surface area contributed by atoms with Crippen LogP contribution in [0.5, 0.6) is 0 Å². The van der Waals surface area contributed by atoms with Gasteiger partial charge in [-0.2, -0.15) is 5.10 Å². The van der Waals surface area contributed by atoms with E-state index in [0.717, 1.165) is 53.2 Å². The van der Waals surface area contributed by atoms with Crippen molar-refractivity contribution in [2.75, 3.05) is 36.4 Å². The SMILES string of the molecule is CC(=O)NCC1CN(c2ccc3c(c2)CCCc2c(NCCNC(=O)OC(C)(C)C)n[nH]c2-3)C(=O)O1. The van der Waals surface area contributed by atoms with Crippen molar-refractivity contribution >= 4 is 29.6 Å². The summed E-state index contributed by atoms with van der Waals surface area (Å²) in [6.45, 7) is 8.52. The van der Waals surface area contributed by atoms with Gasteiger partial charge in [0.05, 0.1) is 18.8 Å². The molecule has 1 aliphatic carbocycles. The number of amides is 3. The minimum atomic E-state index is -0.534. The van der Waals surface area contributed by atoms with Gasteiger partial charge in [-0.1, -0.05) is 6.07 Å². The number of carbonyl (C=O) groups is 3. The smallest absolute Gasteiger partial charge is 0.414 e. The molecule has 1 unspecified atom stereocenters. The molecular formula is C25H34N6O5. The zero-order valence-electron chi connectivity index (χ0n) is 21.2. The van der Waals surface area contributed by atoms with Crippen molar-refractivity contribution in [1.29, 1.82) is 0 Å². The molecule has 2 heterocycles. The molecule has 3 amide bonds. The maximum Gasteiger partial charge on any atom is 0.414 e. The lowest BCUT2D eigenvalue weighted by atomic mass is 10.0. The van der Waals surface area contributed by atoms with Crippen LogP contribution in [-0.4, -0.2) is 66.2 Å². The van der Waals surface area contributed by atoms with Crippen molar-refractivity contribution < 1.29 is 23.9 Å². The van der Waals surface area contributed by atoms with Crippen LogP contribution in [0.3, 0.4) is 0 Å². The van der Waals surface area contributed by atoms with Gasteiger partial charge in [-0.3, -0.25) is 14.8 Å². The van der Waals surface area contributed by atoms with Crippen molar-refractivity contribution in [2.45, 2.75) is 58.7 Å². The Labute approximate surface area is 210 Å². The number of nitrogens with zero attached hydrogens (tertiary/aromatic N) is 2. The number of anilines is 2. The summed E-state index contributed by atoms with van der Waals surface area (Å²) in [5, 5.41) is 16.4. The molecule has 0 saturated carbocycles. The molecule has 11 nitrogen and oxygen atoms in total. The Morgan fingerprint density at radius 1 is 1.22 bits per heavy atom. The van der Waals surface area contributed by atoms with Gasteiger partial charge in [0, 0.05) is 36.8 Å². The van der Waals surface area contributed by atoms with E-state index in [2.05, 4.69) is 26.1 Å². The third-order valence-electron chi connectivity index (χ3n) is 5.95. The van der Waals surface area contributed by atoms with Crippen LogP contribution >= 0.6 is 0 Å². The molecular weight excluding hydrogens is 464 g/mol. The Balaban J connectivity index is 1.41. The summed E-state index contributed by atoms with van der Waals surface area (Å²) in [6, 6.07) is 5.95. The Kier molecular flexibility index (Phi) is 7.37. The number of carbonyl (C=O) groups excluding carboxylic acids is 3. The van der Waals surface area contributed by atoms with Gasteiger partial charge in [-0.15, -0.1) is 0 Å². The van der Waals surface area contributed by atoms with Gasteiger partial charge >= 0.3 is 12.2 Å². The number of cyclic esters (lactones) is 1. The highest BCUT2D eigenvalue weighted by Gasteiger charge is 2.33. The Bertz CT molecular complexity index is 1140. The fourth-order valence-corrected chi connectivity index (χ4v) is 4.39. The highest BCUT2D eigenvalue weighted by molar-refractivity contribution is 5.90. The maximum atomic E-state index is 12.4. The lowest BCUT2D eigenvalue weighted by Crippen LogP contribution is -2.35. The van der Waals surface area contributed by atoms with E-state index in [1.54, 1.807) is 4.90 Å². The molecule has 1 fully saturated rings. The molecule has 194 valence electrons. The molecule has 0 bridgehead atoms. The first-order valence-electron chi connectivity index (χ1n) is 12.2. The lowest BCUT2D eigenvalue weighted by molar-refractivity contribution is -0.119. The third kappa shape index (κ3) is 6.07. The number of hydrogen-bond donors (Lipinski definition) is 4. The zero-order chi connectivity index (χ0) is 25.9. The Morgan fingerprint density at radius 2 is 2.03 bits per heavy atom. The average molecular weight is 499 g/mol. The lowest BCUT2D eigenvalue weighted by Gasteiger charge is -2.19. The Hall–Kier alpha value is -3.76. The molecule has 2 aromatic rings. The van der Waals surface area contributed by atoms with E-state index >= 15 is 0 Å². The average Bonchev–Trinajstić information content (AvgIpc) is 3.31. The quantitative estimate of drug-likeness (QED) is 0.431. The molecule has 1 aliphatic heterocycles. The predicted molar refractivity (Wildman–Crippen MR) is 135 cm³/mol. The van der Waals surface area contributed by atoms with Crippen LogP contribution in [0.15, 0.2) is 18.2 Å². The first-order chi connectivity index (χ1) is 17.1. The number of aryl methyl sites for hydroxylation is 1. The molecule has 0 radical (unpaired) electrons. The van der Waals surface area contributed by atoms with E-state index in [1.165, 1.54) is 6.92 Å². The molecule has 1 aromatic heterocycles. The van der Waals surface area contributed by atoms with Gasteiger partial charge in [0.2, 0.25) is 5.91 Å². The van der Waals surface area contributed by atoms with Crippen LogP contribution in [0.25, 0.3) is 11.3 Å². The maximum absolute atomic E-state index is 12.4. The Morgan fingerprint density at radius 3 is 2.78 bits per heavy atom. The van der Waals surface area contributed by atoms with Crippen LogP contribution < -0.4 is 20.9 Å². The van der Waals surface area contributed by atoms with Gasteiger partial charge in [-0.25, -0.2) is 9.59 Å². The van der Waals surface area contributed by atoms with Crippen LogP contribution in [0.4, 0.5) is 21.1 Å². The van der Waals surface area contributed by atoms with E-state index in [-0.39, 0.29) is 12.0 Å². The number of aromatic nitrogens is 2. The van der Waals surface area contributed by atoms with E-state index in [4.69, 9.17) is 9.47 Å². The van der Waals surface area contributed by atoms with Crippen molar-refractivity contribution in [1.82, 2.24) is 20.8 Å². The molecule has 4 rings (SSSR count). The number of aromatic amines is 1. The topological polar surface area (TPSA) is 138 Å². The standard InChI is InChI=1S/C25H34N6O5/c1-15(32)28-13-18-14-31(24(34)35-18)17-8-9-19-16(12-17)6-5-7-20-21(19)29-30-22(20)26-10-11-27-23(33)36-25(2,3)4/h8-9,12,18H,5-7,10-11,13-14H2,1-4H3,(H,27,33)(H,28,32)(H2,26,29,30). The molecule has 11 heteroatoms. The van der Waals surface area contributed by atoms with Crippen molar-refractivity contribution in [2.24, 2.45) is 0 Å². The predicted octanol–water partition coefficient (Wildman–Crippen LogP) is 2.96. The summed E-state index contributed by atoms with van der Waals surface area (Å²) >= 11 is 0. The second-order valence-corrected chi connectivity index (χ2v) is 10.0. The first kappa shape index (κ1) is 25.3. The number of nitrogens with one attached hydrogen (secondary N) is 4. The van der Waals surface area contributed by atoms with Crippen molar-refractivity contribution in [3.05, 3.63) is 29.3 Å². The number of alkyl carbamates (subject to hydrolysis) is 1. The monoisotopic (exact) mass is 498 g/mol. The molecule has 1 aromatic carbocycles. The minimum absolute atomic E-state index is 0.155. The number of benzene rings is 1. The van der Waals surface area contributed by atoms with Gasteiger partial charge in [0.15, 0.2) is 5.82 Å². The van der Waals surface area contributed by atoms with E-state index in [0.29, 0.717) is 26.2 Å². The normalized spacial score (nSPS) is 16.9. The summed E-state index contributed by atoms with van der Waals surface area (Å²) < 4.78 is 10.7. The largest absolute Gasteiger partial charge is 0.444 e. The second-order valence-electron chi connectivity index (χ2n) is 10.0. The fourth-order valence-electron chi connectivity index (χ4n) is 4.39. The first-order valence-corrected chi connectivity index (χ1v) is 12.2. The van der Waals surface area contributed by atoms with E-state index in [9.17, 15) is 14.4 Å². The molecule has 4 N–H and O–H groups in total. The summed E-state index contributed by atoms with van der Waals surface area (Å²) in [6.07, 6.45) is 1.42. The van der Waals surface area contributed by atoms with Gasteiger partial charge in [-0.05, 0) is 57.7 Å². The second kappa shape index (κ2) is 10.5. The number of fused-ring (bicyclic) bond motifs is 3. The van der Waals surface area contributed by atoms with E-state index in [1.807, 2.05) is 39.0 Å². The summed E-state index contributed by atoms with van der Waals surface area (Å²) in [4.78, 5) is 37.0. The summed E-state index contributed by atoms with van der Waals surface area (Å²) in [7, 11) is 0. The third-order valence-corrected chi connectivity index (χ3v) is 5.95. The number of H-pyrrole nitrogens is 1. The molecule has 1 saturated heterocycles. The number of ether oxygens (including phenoxy) is 2. The zero-order valence-corrected chi connectivity index (χ0v) is 21.2. The highest BCUT2D eigenvalue weighted by Crippen LogP contribution is 2.36. The minimum Gasteiger partial charge on any atom is -0.444 e.